The van der Waals surface area contributed by atoms with Crippen molar-refractivity contribution in [2.45, 2.75) is 38.8 Å². The molecule has 1 fully saturated rings. The average Bonchev–Trinajstić information content (AvgIpc) is 2.45. The van der Waals surface area contributed by atoms with Gasteiger partial charge in [0.25, 0.3) is 0 Å². The van der Waals surface area contributed by atoms with E-state index in [1.165, 1.54) is 0 Å². The normalized spacial score (nSPS) is 22.6. The molecule has 5 heteroatoms. The van der Waals surface area contributed by atoms with Crippen LogP contribution in [0.25, 0.3) is 0 Å². The van der Waals surface area contributed by atoms with E-state index in [1.54, 1.807) is 6.92 Å². The van der Waals surface area contributed by atoms with E-state index in [-0.39, 0.29) is 0 Å². The molecular formula is C16H25N3O2. The molecule has 2 unspecified atom stereocenters. The topological polar surface area (TPSA) is 53.6 Å². The molecule has 0 aromatic heterocycles. The fraction of sp³-hybridized carbons (Fsp3) is 0.562. The first-order valence-corrected chi connectivity index (χ1v) is 7.59. The van der Waals surface area contributed by atoms with Crippen molar-refractivity contribution in [3.63, 3.8) is 0 Å². The van der Waals surface area contributed by atoms with Crippen LogP contribution >= 0.6 is 0 Å². The van der Waals surface area contributed by atoms with E-state index in [9.17, 15) is 4.79 Å². The van der Waals surface area contributed by atoms with Crippen molar-refractivity contribution >= 4 is 17.5 Å². The van der Waals surface area contributed by atoms with E-state index in [4.69, 9.17) is 4.74 Å². The predicted molar refractivity (Wildman–Crippen MR) is 85.8 cm³/mol. The number of amides is 1. The molecule has 1 amide bonds. The summed E-state index contributed by atoms with van der Waals surface area (Å²) < 4.78 is 4.85. The number of ether oxygens (including phenoxy) is 1. The van der Waals surface area contributed by atoms with Crippen LogP contribution in [-0.4, -0.2) is 43.3 Å². The molecular weight excluding hydrogens is 266 g/mol. The van der Waals surface area contributed by atoms with Crippen molar-refractivity contribution in [1.29, 1.82) is 0 Å². The van der Waals surface area contributed by atoms with E-state index < -0.39 is 6.09 Å². The highest BCUT2D eigenvalue weighted by molar-refractivity contribution is 5.84. The number of carbonyl (C=O) groups excluding carboxylic acids is 1. The number of benzene rings is 1. The zero-order valence-electron chi connectivity index (χ0n) is 13.1. The Morgan fingerprint density at radius 3 is 2.62 bits per heavy atom. The van der Waals surface area contributed by atoms with Crippen molar-refractivity contribution in [2.75, 3.05) is 30.8 Å². The summed E-state index contributed by atoms with van der Waals surface area (Å²) in [5.41, 5.74) is 1.84. The van der Waals surface area contributed by atoms with Crippen LogP contribution in [0.15, 0.2) is 24.3 Å². The molecule has 1 aliphatic rings. The average molecular weight is 291 g/mol. The van der Waals surface area contributed by atoms with E-state index >= 15 is 0 Å². The van der Waals surface area contributed by atoms with Crippen LogP contribution in [0.3, 0.4) is 0 Å². The van der Waals surface area contributed by atoms with Crippen LogP contribution in [0.4, 0.5) is 16.2 Å². The second-order valence-corrected chi connectivity index (χ2v) is 5.62. The van der Waals surface area contributed by atoms with Gasteiger partial charge in [0.2, 0.25) is 0 Å². The van der Waals surface area contributed by atoms with Crippen molar-refractivity contribution in [1.82, 2.24) is 4.90 Å². The molecule has 0 radical (unpaired) electrons. The van der Waals surface area contributed by atoms with Gasteiger partial charge in [0, 0.05) is 30.0 Å². The molecule has 21 heavy (non-hydrogen) atoms. The minimum absolute atomic E-state index is 0.375. The highest BCUT2D eigenvalue weighted by atomic mass is 16.5. The molecule has 116 valence electrons. The number of nitrogens with one attached hydrogen (secondary N) is 2. The number of nitrogens with zero attached hydrogens (tertiary/aromatic N) is 1. The maximum atomic E-state index is 11.3. The zero-order valence-corrected chi connectivity index (χ0v) is 13.1. The molecule has 1 aliphatic heterocycles. The number of rotatable bonds is 4. The maximum absolute atomic E-state index is 11.3. The summed E-state index contributed by atoms with van der Waals surface area (Å²) in [6.45, 7) is 5.55. The second kappa shape index (κ2) is 7.31. The summed E-state index contributed by atoms with van der Waals surface area (Å²) in [5, 5.41) is 6.26. The van der Waals surface area contributed by atoms with Crippen molar-refractivity contribution in [3.8, 4) is 0 Å². The van der Waals surface area contributed by atoms with Gasteiger partial charge in [-0.1, -0.05) is 0 Å². The number of anilines is 2. The summed E-state index contributed by atoms with van der Waals surface area (Å²) in [4.78, 5) is 13.7. The molecule has 1 heterocycles. The van der Waals surface area contributed by atoms with E-state index in [2.05, 4.69) is 29.5 Å². The fourth-order valence-corrected chi connectivity index (χ4v) is 2.59. The monoisotopic (exact) mass is 291 g/mol. The summed E-state index contributed by atoms with van der Waals surface area (Å²) in [6, 6.07) is 8.88. The minimum Gasteiger partial charge on any atom is -0.450 e. The summed E-state index contributed by atoms with van der Waals surface area (Å²) in [6.07, 6.45) is 1.89. The SMILES string of the molecule is CCOC(=O)Nc1ccc(NC2CCN(C)C(C)C2)cc1. The lowest BCUT2D eigenvalue weighted by atomic mass is 9.98. The van der Waals surface area contributed by atoms with Crippen LogP contribution in [0.5, 0.6) is 0 Å². The van der Waals surface area contributed by atoms with Gasteiger partial charge in [-0.2, -0.15) is 0 Å². The number of carbonyl (C=O) groups is 1. The van der Waals surface area contributed by atoms with Gasteiger partial charge in [0.05, 0.1) is 6.61 Å². The largest absolute Gasteiger partial charge is 0.450 e. The van der Waals surface area contributed by atoms with Crippen molar-refractivity contribution in [2.24, 2.45) is 0 Å². The second-order valence-electron chi connectivity index (χ2n) is 5.62. The van der Waals surface area contributed by atoms with Gasteiger partial charge in [0.15, 0.2) is 0 Å². The van der Waals surface area contributed by atoms with Gasteiger partial charge in [0.1, 0.15) is 0 Å². The standard InChI is InChI=1S/C16H25N3O2/c1-4-21-16(20)18-14-7-5-13(6-8-14)17-15-9-10-19(3)12(2)11-15/h5-8,12,15,17H,4,9-11H2,1-3H3,(H,18,20). The Balaban J connectivity index is 1.86. The van der Waals surface area contributed by atoms with Crippen LogP contribution in [0.2, 0.25) is 0 Å². The Labute approximate surface area is 126 Å². The van der Waals surface area contributed by atoms with Crippen LogP contribution in [0, 0.1) is 0 Å². The summed E-state index contributed by atoms with van der Waals surface area (Å²) in [7, 11) is 2.18. The molecule has 2 N–H and O–H groups in total. The third kappa shape index (κ3) is 4.63. The molecule has 1 saturated heterocycles. The fourth-order valence-electron chi connectivity index (χ4n) is 2.59. The lowest BCUT2D eigenvalue weighted by molar-refractivity contribution is 0.168. The highest BCUT2D eigenvalue weighted by Crippen LogP contribution is 2.21. The molecule has 5 nitrogen and oxygen atoms in total. The third-order valence-electron chi connectivity index (χ3n) is 3.99. The van der Waals surface area contributed by atoms with E-state index in [0.717, 1.165) is 30.8 Å². The summed E-state index contributed by atoms with van der Waals surface area (Å²) >= 11 is 0. The summed E-state index contributed by atoms with van der Waals surface area (Å²) in [5.74, 6) is 0. The van der Waals surface area contributed by atoms with Gasteiger partial charge in [-0.15, -0.1) is 0 Å². The quantitative estimate of drug-likeness (QED) is 0.895. The number of likely N-dealkylation sites (tertiary alicyclic amines) is 1. The Morgan fingerprint density at radius 1 is 1.33 bits per heavy atom. The van der Waals surface area contributed by atoms with Crippen molar-refractivity contribution in [3.05, 3.63) is 24.3 Å². The lowest BCUT2D eigenvalue weighted by Gasteiger charge is -2.35. The molecule has 0 saturated carbocycles. The molecule has 2 atom stereocenters. The van der Waals surface area contributed by atoms with E-state index in [0.29, 0.717) is 18.7 Å². The van der Waals surface area contributed by atoms with E-state index in [1.807, 2.05) is 24.3 Å². The Bertz CT molecular complexity index is 461. The van der Waals surface area contributed by atoms with Crippen LogP contribution in [-0.2, 0) is 4.74 Å². The van der Waals surface area contributed by atoms with Gasteiger partial charge in [-0.3, -0.25) is 5.32 Å². The smallest absolute Gasteiger partial charge is 0.411 e. The lowest BCUT2D eigenvalue weighted by Crippen LogP contribution is -2.42. The Hall–Kier alpha value is -1.75. The number of piperidine rings is 1. The predicted octanol–water partition coefficient (Wildman–Crippen LogP) is 3.15. The van der Waals surface area contributed by atoms with Gasteiger partial charge >= 0.3 is 6.09 Å². The van der Waals surface area contributed by atoms with Gasteiger partial charge < -0.3 is 15.0 Å². The van der Waals surface area contributed by atoms with Gasteiger partial charge in [-0.25, -0.2) is 4.79 Å². The first kappa shape index (κ1) is 15.6. The third-order valence-corrected chi connectivity index (χ3v) is 3.99. The Morgan fingerprint density at radius 2 is 2.00 bits per heavy atom. The first-order valence-electron chi connectivity index (χ1n) is 7.59. The molecule has 1 aromatic rings. The minimum atomic E-state index is -0.414. The Kier molecular flexibility index (Phi) is 5.44. The number of hydrogen-bond acceptors (Lipinski definition) is 4. The number of hydrogen-bond donors (Lipinski definition) is 2. The zero-order chi connectivity index (χ0) is 15.2. The molecule has 1 aromatic carbocycles. The maximum Gasteiger partial charge on any atom is 0.411 e. The van der Waals surface area contributed by atoms with Crippen molar-refractivity contribution < 1.29 is 9.53 Å². The first-order chi connectivity index (χ1) is 10.1. The van der Waals surface area contributed by atoms with Crippen LogP contribution < -0.4 is 10.6 Å². The molecule has 0 aliphatic carbocycles. The molecule has 0 spiro atoms. The van der Waals surface area contributed by atoms with Crippen LogP contribution in [0.1, 0.15) is 26.7 Å². The molecule has 2 rings (SSSR count). The highest BCUT2D eigenvalue weighted by Gasteiger charge is 2.22. The molecule has 0 bridgehead atoms. The van der Waals surface area contributed by atoms with Gasteiger partial charge in [-0.05, 0) is 58.0 Å².